The second-order valence-corrected chi connectivity index (χ2v) is 11.0. The van der Waals surface area contributed by atoms with Crippen LogP contribution in [0.25, 0.3) is 0 Å². The molecule has 0 amide bonds. The standard InChI is InChI=1S/C33H51N3O4/c1-25(2)12-11-21-40-32-23-27(18-20-31(32)39-4)17-19-30(38)24-29(37)16-9-7-5-6-8-13-26-14-10-15-28(22-26)36-33(34)35-3/h10,14-15,18,20,22-23,25,29,37H,5-9,11-13,16-17,19,21,24H2,1-4H3,(H3,34,35,36). The Balaban J connectivity index is 1.60. The molecule has 2 aromatic carbocycles. The van der Waals surface area contributed by atoms with Crippen LogP contribution in [0.1, 0.15) is 89.2 Å². The van der Waals surface area contributed by atoms with E-state index in [0.717, 1.165) is 68.4 Å². The van der Waals surface area contributed by atoms with E-state index >= 15 is 0 Å². The van der Waals surface area contributed by atoms with Crippen molar-refractivity contribution in [3.8, 4) is 11.5 Å². The molecule has 0 aliphatic heterocycles. The molecule has 0 bridgehead atoms. The lowest BCUT2D eigenvalue weighted by Gasteiger charge is -2.13. The van der Waals surface area contributed by atoms with Gasteiger partial charge in [-0.15, -0.1) is 0 Å². The minimum absolute atomic E-state index is 0.103. The Labute approximate surface area is 241 Å². The monoisotopic (exact) mass is 553 g/mol. The zero-order valence-corrected chi connectivity index (χ0v) is 25.1. The number of hydrogen-bond donors (Lipinski definition) is 3. The van der Waals surface area contributed by atoms with Crippen molar-refractivity contribution >= 4 is 17.4 Å². The van der Waals surface area contributed by atoms with Crippen molar-refractivity contribution in [3.05, 3.63) is 53.6 Å². The van der Waals surface area contributed by atoms with Crippen molar-refractivity contribution < 1.29 is 19.4 Å². The summed E-state index contributed by atoms with van der Waals surface area (Å²) in [7, 11) is 3.30. The van der Waals surface area contributed by atoms with Crippen molar-refractivity contribution in [3.63, 3.8) is 0 Å². The third-order valence-electron chi connectivity index (χ3n) is 7.01. The van der Waals surface area contributed by atoms with Crippen molar-refractivity contribution in [1.29, 1.82) is 0 Å². The summed E-state index contributed by atoms with van der Waals surface area (Å²) in [5, 5.41) is 13.4. The number of ether oxygens (including phenoxy) is 2. The first-order valence-corrected chi connectivity index (χ1v) is 14.9. The molecule has 7 nitrogen and oxygen atoms in total. The zero-order chi connectivity index (χ0) is 29.2. The van der Waals surface area contributed by atoms with E-state index in [-0.39, 0.29) is 12.2 Å². The van der Waals surface area contributed by atoms with E-state index in [1.807, 2.05) is 30.3 Å². The van der Waals surface area contributed by atoms with Gasteiger partial charge in [0.15, 0.2) is 17.5 Å². The van der Waals surface area contributed by atoms with Crippen molar-refractivity contribution in [1.82, 2.24) is 0 Å². The Bertz CT molecular complexity index is 1040. The normalized spacial score (nSPS) is 12.4. The summed E-state index contributed by atoms with van der Waals surface area (Å²) in [6.45, 7) is 5.07. The van der Waals surface area contributed by atoms with Crippen LogP contribution in [0, 0.1) is 5.92 Å². The van der Waals surface area contributed by atoms with Gasteiger partial charge in [0.05, 0.1) is 19.8 Å². The summed E-state index contributed by atoms with van der Waals surface area (Å²) in [6, 6.07) is 14.1. The molecular formula is C33H51N3O4. The summed E-state index contributed by atoms with van der Waals surface area (Å²) in [6.07, 6.45) is 9.97. The van der Waals surface area contributed by atoms with Crippen LogP contribution in [-0.4, -0.2) is 43.7 Å². The van der Waals surface area contributed by atoms with E-state index in [9.17, 15) is 9.90 Å². The molecule has 222 valence electrons. The molecule has 0 spiro atoms. The van der Waals surface area contributed by atoms with Gasteiger partial charge in [0.2, 0.25) is 0 Å². The number of Topliss-reactive ketones (excluding diaryl/α,β-unsaturated/α-hetero) is 1. The molecule has 0 aliphatic rings. The number of carbonyl (C=O) groups is 1. The second-order valence-electron chi connectivity index (χ2n) is 11.0. The van der Waals surface area contributed by atoms with Gasteiger partial charge >= 0.3 is 0 Å². The third-order valence-corrected chi connectivity index (χ3v) is 7.01. The smallest absolute Gasteiger partial charge is 0.192 e. The van der Waals surface area contributed by atoms with Crippen LogP contribution in [0.4, 0.5) is 5.69 Å². The fourth-order valence-corrected chi connectivity index (χ4v) is 4.66. The van der Waals surface area contributed by atoms with Gasteiger partial charge in [-0.25, -0.2) is 0 Å². The molecule has 0 saturated heterocycles. The number of methoxy groups -OCH3 is 1. The number of aliphatic hydroxyl groups excluding tert-OH is 1. The van der Waals surface area contributed by atoms with E-state index in [1.54, 1.807) is 14.2 Å². The van der Waals surface area contributed by atoms with E-state index in [0.29, 0.717) is 43.5 Å². The highest BCUT2D eigenvalue weighted by molar-refractivity contribution is 5.92. The van der Waals surface area contributed by atoms with E-state index in [4.69, 9.17) is 15.2 Å². The Kier molecular flexibility index (Phi) is 15.8. The van der Waals surface area contributed by atoms with E-state index in [2.05, 4.69) is 36.3 Å². The third kappa shape index (κ3) is 13.8. The van der Waals surface area contributed by atoms with Crippen LogP contribution >= 0.6 is 0 Å². The van der Waals surface area contributed by atoms with Gasteiger partial charge in [-0.05, 0) is 79.8 Å². The molecule has 40 heavy (non-hydrogen) atoms. The number of guanidine groups is 1. The second kappa shape index (κ2) is 19.1. The maximum Gasteiger partial charge on any atom is 0.192 e. The number of rotatable bonds is 20. The first-order valence-electron chi connectivity index (χ1n) is 14.9. The number of aliphatic hydroxyl groups is 1. The molecule has 0 saturated carbocycles. The molecule has 1 unspecified atom stereocenters. The number of benzene rings is 2. The lowest BCUT2D eigenvalue weighted by Crippen LogP contribution is -2.21. The fourth-order valence-electron chi connectivity index (χ4n) is 4.66. The van der Waals surface area contributed by atoms with E-state index < -0.39 is 6.10 Å². The van der Waals surface area contributed by atoms with E-state index in [1.165, 1.54) is 5.56 Å². The largest absolute Gasteiger partial charge is 0.493 e. The predicted molar refractivity (Wildman–Crippen MR) is 166 cm³/mol. The van der Waals surface area contributed by atoms with Crippen LogP contribution in [-0.2, 0) is 17.6 Å². The minimum atomic E-state index is -0.558. The lowest BCUT2D eigenvalue weighted by atomic mass is 10.00. The molecule has 0 fully saturated rings. The highest BCUT2D eigenvalue weighted by atomic mass is 16.5. The molecule has 0 aliphatic carbocycles. The molecule has 7 heteroatoms. The first-order chi connectivity index (χ1) is 19.3. The van der Waals surface area contributed by atoms with Crippen molar-refractivity contribution in [2.75, 3.05) is 26.1 Å². The highest BCUT2D eigenvalue weighted by Gasteiger charge is 2.12. The average molecular weight is 554 g/mol. The van der Waals surface area contributed by atoms with Gasteiger partial charge in [0, 0.05) is 25.6 Å². The van der Waals surface area contributed by atoms with Gasteiger partial charge in [-0.3, -0.25) is 9.79 Å². The zero-order valence-electron chi connectivity index (χ0n) is 25.1. The molecule has 0 aromatic heterocycles. The Morgan fingerprint density at radius 2 is 1.70 bits per heavy atom. The molecule has 2 aromatic rings. The maximum absolute atomic E-state index is 12.5. The van der Waals surface area contributed by atoms with Gasteiger partial charge in [0.25, 0.3) is 0 Å². The van der Waals surface area contributed by atoms with Crippen molar-refractivity contribution in [2.45, 2.75) is 97.0 Å². The number of unbranched alkanes of at least 4 members (excludes halogenated alkanes) is 4. The number of nitrogens with one attached hydrogen (secondary N) is 1. The fraction of sp³-hybridized carbons (Fsp3) is 0.576. The quantitative estimate of drug-likeness (QED) is 0.0957. The summed E-state index contributed by atoms with van der Waals surface area (Å²) in [4.78, 5) is 16.4. The summed E-state index contributed by atoms with van der Waals surface area (Å²) in [5.74, 6) is 2.61. The number of aryl methyl sites for hydroxylation is 2. The predicted octanol–water partition coefficient (Wildman–Crippen LogP) is 6.70. The van der Waals surface area contributed by atoms with Gasteiger partial charge in [0.1, 0.15) is 5.78 Å². The Morgan fingerprint density at radius 3 is 2.45 bits per heavy atom. The Morgan fingerprint density at radius 1 is 0.950 bits per heavy atom. The van der Waals surface area contributed by atoms with Gasteiger partial charge < -0.3 is 25.6 Å². The number of anilines is 1. The topological polar surface area (TPSA) is 106 Å². The van der Waals surface area contributed by atoms with Crippen molar-refractivity contribution in [2.24, 2.45) is 16.6 Å². The summed E-state index contributed by atoms with van der Waals surface area (Å²) >= 11 is 0. The molecule has 4 N–H and O–H groups in total. The lowest BCUT2D eigenvalue weighted by molar-refractivity contribution is -0.121. The van der Waals surface area contributed by atoms with Crippen LogP contribution in [0.5, 0.6) is 11.5 Å². The summed E-state index contributed by atoms with van der Waals surface area (Å²) < 4.78 is 11.4. The number of aliphatic imine (C=N–C) groups is 1. The first kappa shape index (κ1) is 33.1. The number of ketones is 1. The number of carbonyl (C=O) groups excluding carboxylic acids is 1. The summed E-state index contributed by atoms with van der Waals surface area (Å²) in [5.41, 5.74) is 9.03. The number of nitrogens with zero attached hydrogens (tertiary/aromatic N) is 1. The Hall–Kier alpha value is -3.06. The van der Waals surface area contributed by atoms with Crippen LogP contribution in [0.15, 0.2) is 47.5 Å². The average Bonchev–Trinajstić information content (AvgIpc) is 2.93. The molecular weight excluding hydrogens is 502 g/mol. The van der Waals surface area contributed by atoms with Gasteiger partial charge in [-0.1, -0.05) is 57.7 Å². The molecule has 2 rings (SSSR count). The molecule has 0 heterocycles. The number of hydrogen-bond acceptors (Lipinski definition) is 5. The van der Waals surface area contributed by atoms with Gasteiger partial charge in [-0.2, -0.15) is 0 Å². The maximum atomic E-state index is 12.5. The molecule has 1 atom stereocenters. The number of nitrogens with two attached hydrogens (primary N) is 1. The van der Waals surface area contributed by atoms with Crippen LogP contribution in [0.2, 0.25) is 0 Å². The SMILES string of the molecule is CN=C(N)Nc1cccc(CCCCCCCC(O)CC(=O)CCc2ccc(OC)c(OCCCC(C)C)c2)c1. The van der Waals surface area contributed by atoms with Crippen LogP contribution < -0.4 is 20.5 Å². The van der Waals surface area contributed by atoms with Crippen LogP contribution in [0.3, 0.4) is 0 Å². The minimum Gasteiger partial charge on any atom is -0.493 e. The highest BCUT2D eigenvalue weighted by Crippen LogP contribution is 2.29. The molecule has 0 radical (unpaired) electrons.